The minimum atomic E-state index is -0.831. The van der Waals surface area contributed by atoms with Gasteiger partial charge in [0, 0.05) is 35.9 Å². The van der Waals surface area contributed by atoms with E-state index in [4.69, 9.17) is 28.7 Å². The van der Waals surface area contributed by atoms with Crippen LogP contribution in [0.25, 0.3) is 0 Å². The number of methoxy groups -OCH3 is 2. The van der Waals surface area contributed by atoms with Crippen LogP contribution in [0.15, 0.2) is 51.1 Å². The number of benzene rings is 2. The summed E-state index contributed by atoms with van der Waals surface area (Å²) in [5, 5.41) is 10.6. The van der Waals surface area contributed by atoms with Crippen molar-refractivity contribution in [2.75, 3.05) is 40.6 Å². The zero-order chi connectivity index (χ0) is 29.7. The van der Waals surface area contributed by atoms with Gasteiger partial charge in [-0.2, -0.15) is 0 Å². The van der Waals surface area contributed by atoms with Crippen molar-refractivity contribution in [1.29, 1.82) is 0 Å². The molecule has 2 aromatic rings. The minimum absolute atomic E-state index is 0.0506. The number of allylic oxidation sites excluding steroid dienone is 2. The zero-order valence-electron chi connectivity index (χ0n) is 24.0. The topological polar surface area (TPSA) is 113 Å². The maximum Gasteiger partial charge on any atom is 0.315 e. The number of hydrogen-bond acceptors (Lipinski definition) is 9. The SMILES string of the molecule is CCOCCOC(=O)C1C(C)=NC2=C(C(=O)C[C@H](c3ccc(OC)c(OC)c3)C2)[C@H]1c1cc(Br)c(O)c(OCC)c1. The Labute approximate surface area is 248 Å². The van der Waals surface area contributed by atoms with Crippen molar-refractivity contribution in [3.8, 4) is 23.0 Å². The van der Waals surface area contributed by atoms with E-state index in [-0.39, 0.29) is 42.8 Å². The smallest absolute Gasteiger partial charge is 0.315 e. The molecular weight excluding hydrogens is 594 g/mol. The first-order valence-electron chi connectivity index (χ1n) is 13.7. The number of phenols is 1. The standard InChI is InChI=1S/C31H36BrNO8/c1-6-39-10-11-41-31(36)27-17(3)33-22-13-19(18-8-9-24(37-4)25(15-18)38-5)14-23(34)29(22)28(27)20-12-21(32)30(35)26(16-20)40-7-2/h8-9,12,15-16,19,27-28,35H,6-7,10-11,13-14H2,1-5H3/t19-,27?,28+/m1/s1. The van der Waals surface area contributed by atoms with Gasteiger partial charge in [-0.15, -0.1) is 0 Å². The third kappa shape index (κ3) is 6.43. The minimum Gasteiger partial charge on any atom is -0.503 e. The third-order valence-electron chi connectivity index (χ3n) is 7.41. The number of Topliss-reactive ketones (excluding diaryl/α,β-unsaturated/α-hetero) is 1. The van der Waals surface area contributed by atoms with E-state index in [9.17, 15) is 14.7 Å². The lowest BCUT2D eigenvalue weighted by molar-refractivity contribution is -0.148. The number of ether oxygens (including phenoxy) is 5. The second kappa shape index (κ2) is 13.5. The number of ketones is 1. The Balaban J connectivity index is 1.78. The van der Waals surface area contributed by atoms with Crippen molar-refractivity contribution in [3.63, 3.8) is 0 Å². The van der Waals surface area contributed by atoms with Crippen molar-refractivity contribution in [1.82, 2.24) is 0 Å². The van der Waals surface area contributed by atoms with Gasteiger partial charge in [-0.3, -0.25) is 14.6 Å². The Hall–Kier alpha value is -3.37. The second-order valence-corrected chi connectivity index (χ2v) is 10.7. The van der Waals surface area contributed by atoms with Gasteiger partial charge in [0.25, 0.3) is 0 Å². The lowest BCUT2D eigenvalue weighted by atomic mass is 9.69. The van der Waals surface area contributed by atoms with E-state index in [1.54, 1.807) is 33.3 Å². The maximum absolute atomic E-state index is 14.0. The Morgan fingerprint density at radius 1 is 1.00 bits per heavy atom. The summed E-state index contributed by atoms with van der Waals surface area (Å²) in [6.07, 6.45) is 0.747. The Bertz CT molecular complexity index is 1370. The van der Waals surface area contributed by atoms with E-state index < -0.39 is 17.8 Å². The van der Waals surface area contributed by atoms with Gasteiger partial charge in [0.05, 0.1) is 31.9 Å². The first-order valence-corrected chi connectivity index (χ1v) is 14.5. The van der Waals surface area contributed by atoms with E-state index >= 15 is 0 Å². The highest BCUT2D eigenvalue weighted by atomic mass is 79.9. The average molecular weight is 631 g/mol. The molecule has 1 aliphatic carbocycles. The molecule has 3 atom stereocenters. The number of nitrogens with zero attached hydrogens (tertiary/aromatic N) is 1. The molecule has 2 aromatic carbocycles. The first kappa shape index (κ1) is 30.6. The van der Waals surface area contributed by atoms with Gasteiger partial charge in [-0.05, 0) is 84.4 Å². The number of rotatable bonds is 11. The number of aliphatic imine (C=N–C) groups is 1. The number of phenolic OH excluding ortho intramolecular Hbond substituents is 1. The van der Waals surface area contributed by atoms with Gasteiger partial charge in [0.1, 0.15) is 12.5 Å². The van der Waals surface area contributed by atoms with Gasteiger partial charge in [-0.1, -0.05) is 6.07 Å². The molecule has 1 heterocycles. The van der Waals surface area contributed by atoms with Crippen molar-refractivity contribution in [2.45, 2.75) is 45.4 Å². The number of aromatic hydroxyl groups is 1. The van der Waals surface area contributed by atoms with Crippen LogP contribution in [0.4, 0.5) is 0 Å². The first-order chi connectivity index (χ1) is 19.7. The average Bonchev–Trinajstić information content (AvgIpc) is 2.96. The zero-order valence-corrected chi connectivity index (χ0v) is 25.6. The van der Waals surface area contributed by atoms with Crippen LogP contribution in [0.5, 0.6) is 23.0 Å². The normalized spacial score (nSPS) is 20.3. The summed E-state index contributed by atoms with van der Waals surface area (Å²) in [7, 11) is 3.16. The molecule has 220 valence electrons. The van der Waals surface area contributed by atoms with E-state index in [1.165, 1.54) is 0 Å². The number of halogens is 1. The molecule has 4 rings (SSSR count). The van der Waals surface area contributed by atoms with Crippen LogP contribution in [-0.2, 0) is 19.1 Å². The molecule has 10 heteroatoms. The van der Waals surface area contributed by atoms with Gasteiger partial charge < -0.3 is 28.8 Å². The fraction of sp³-hybridized carbons (Fsp3) is 0.452. The van der Waals surface area contributed by atoms with Crippen LogP contribution in [0.2, 0.25) is 0 Å². The summed E-state index contributed by atoms with van der Waals surface area (Å²) < 4.78 is 27.9. The molecule has 0 fully saturated rings. The summed E-state index contributed by atoms with van der Waals surface area (Å²) in [4.78, 5) is 32.3. The number of carbonyl (C=O) groups is 2. The van der Waals surface area contributed by atoms with Crippen molar-refractivity contribution >= 4 is 33.4 Å². The van der Waals surface area contributed by atoms with Crippen LogP contribution in [0.3, 0.4) is 0 Å². The fourth-order valence-electron chi connectivity index (χ4n) is 5.54. The summed E-state index contributed by atoms with van der Waals surface area (Å²) in [5.74, 6) is -0.803. The van der Waals surface area contributed by atoms with Gasteiger partial charge in [-0.25, -0.2) is 0 Å². The largest absolute Gasteiger partial charge is 0.503 e. The fourth-order valence-corrected chi connectivity index (χ4v) is 6.00. The molecular formula is C31H36BrNO8. The lowest BCUT2D eigenvalue weighted by Gasteiger charge is -2.36. The molecule has 0 amide bonds. The van der Waals surface area contributed by atoms with E-state index in [2.05, 4.69) is 15.9 Å². The molecule has 0 bridgehead atoms. The van der Waals surface area contributed by atoms with Crippen LogP contribution in [0.1, 0.15) is 56.6 Å². The highest BCUT2D eigenvalue weighted by Gasteiger charge is 2.45. The summed E-state index contributed by atoms with van der Waals surface area (Å²) in [6, 6.07) is 9.07. The van der Waals surface area contributed by atoms with E-state index in [0.717, 1.165) is 5.56 Å². The van der Waals surface area contributed by atoms with Gasteiger partial charge >= 0.3 is 5.97 Å². The van der Waals surface area contributed by atoms with Gasteiger partial charge in [0.15, 0.2) is 28.8 Å². The van der Waals surface area contributed by atoms with E-state index in [0.29, 0.717) is 58.2 Å². The van der Waals surface area contributed by atoms with Crippen molar-refractivity contribution < 1.29 is 38.4 Å². The molecule has 2 aliphatic rings. The molecule has 0 spiro atoms. The van der Waals surface area contributed by atoms with E-state index in [1.807, 2.05) is 32.0 Å². The maximum atomic E-state index is 14.0. The Morgan fingerprint density at radius 3 is 2.41 bits per heavy atom. The molecule has 1 aliphatic heterocycles. The second-order valence-electron chi connectivity index (χ2n) is 9.86. The quantitative estimate of drug-likeness (QED) is 0.248. The van der Waals surface area contributed by atoms with Crippen LogP contribution < -0.4 is 14.2 Å². The molecule has 1 N–H and O–H groups in total. The molecule has 0 saturated heterocycles. The number of hydrogen-bond donors (Lipinski definition) is 1. The molecule has 0 aromatic heterocycles. The van der Waals surface area contributed by atoms with Crippen molar-refractivity contribution in [2.24, 2.45) is 10.9 Å². The summed E-state index contributed by atoms with van der Waals surface area (Å²) in [5.41, 5.74) is 3.27. The highest BCUT2D eigenvalue weighted by molar-refractivity contribution is 9.10. The number of carbonyl (C=O) groups excluding carboxylic acids is 2. The molecule has 0 saturated carbocycles. The van der Waals surface area contributed by atoms with Crippen LogP contribution in [-0.4, -0.2) is 63.2 Å². The Morgan fingerprint density at radius 2 is 1.73 bits per heavy atom. The summed E-state index contributed by atoms with van der Waals surface area (Å²) in [6.45, 7) is 6.68. The summed E-state index contributed by atoms with van der Waals surface area (Å²) >= 11 is 3.42. The lowest BCUT2D eigenvalue weighted by Crippen LogP contribution is -2.38. The molecule has 0 radical (unpaired) electrons. The Kier molecular flexibility index (Phi) is 10.1. The molecule has 9 nitrogen and oxygen atoms in total. The predicted octanol–water partition coefficient (Wildman–Crippen LogP) is 5.73. The van der Waals surface area contributed by atoms with Crippen LogP contribution in [0, 0.1) is 5.92 Å². The molecule has 1 unspecified atom stereocenters. The third-order valence-corrected chi connectivity index (χ3v) is 8.01. The monoisotopic (exact) mass is 629 g/mol. The highest BCUT2D eigenvalue weighted by Crippen LogP contribution is 2.49. The van der Waals surface area contributed by atoms with Crippen LogP contribution >= 0.6 is 15.9 Å². The van der Waals surface area contributed by atoms with Crippen molar-refractivity contribution in [3.05, 3.63) is 57.2 Å². The number of esters is 1. The molecule has 41 heavy (non-hydrogen) atoms. The predicted molar refractivity (Wildman–Crippen MR) is 157 cm³/mol. The van der Waals surface area contributed by atoms with Gasteiger partial charge in [0.2, 0.25) is 0 Å².